The zero-order chi connectivity index (χ0) is 11.5. The van der Waals surface area contributed by atoms with E-state index in [2.05, 4.69) is 15.0 Å². The molecule has 4 nitrogen and oxygen atoms in total. The second-order valence-electron chi connectivity index (χ2n) is 2.80. The van der Waals surface area contributed by atoms with Crippen LogP contribution in [0.2, 0.25) is 10.0 Å². The summed E-state index contributed by atoms with van der Waals surface area (Å²) in [6.45, 7) is 0. The Kier molecular flexibility index (Phi) is 3.48. The minimum Gasteiger partial charge on any atom is -0.368 e. The molecule has 2 N–H and O–H groups in total. The molecule has 0 aliphatic rings. The summed E-state index contributed by atoms with van der Waals surface area (Å²) in [6.07, 6.45) is 3.02. The number of hydrogen-bond acceptors (Lipinski definition) is 5. The van der Waals surface area contributed by atoms with Crippen LogP contribution >= 0.6 is 35.0 Å². The lowest BCUT2D eigenvalue weighted by Gasteiger charge is -2.02. The summed E-state index contributed by atoms with van der Waals surface area (Å²) >= 11 is 13.0. The molecule has 0 amide bonds. The van der Waals surface area contributed by atoms with Crippen molar-refractivity contribution in [1.82, 2.24) is 15.0 Å². The van der Waals surface area contributed by atoms with Gasteiger partial charge in [-0.05, 0) is 23.9 Å². The van der Waals surface area contributed by atoms with Gasteiger partial charge < -0.3 is 5.73 Å². The molecule has 2 aromatic rings. The van der Waals surface area contributed by atoms with Crippen LogP contribution in [-0.2, 0) is 0 Å². The topological polar surface area (TPSA) is 64.7 Å². The minimum absolute atomic E-state index is 0.181. The fourth-order valence-electron chi connectivity index (χ4n) is 0.958. The molecule has 0 spiro atoms. The highest BCUT2D eigenvalue weighted by Crippen LogP contribution is 2.30. The van der Waals surface area contributed by atoms with Crippen molar-refractivity contribution in [3.05, 3.63) is 34.6 Å². The molecule has 0 radical (unpaired) electrons. The molecule has 0 atom stereocenters. The number of aromatic nitrogens is 3. The van der Waals surface area contributed by atoms with Crippen LogP contribution < -0.4 is 5.73 Å². The molecule has 0 saturated carbocycles. The lowest BCUT2D eigenvalue weighted by Crippen LogP contribution is -1.95. The van der Waals surface area contributed by atoms with Crippen LogP contribution in [-0.4, -0.2) is 15.0 Å². The highest BCUT2D eigenvalue weighted by molar-refractivity contribution is 7.99. The van der Waals surface area contributed by atoms with Gasteiger partial charge in [0.25, 0.3) is 0 Å². The van der Waals surface area contributed by atoms with E-state index < -0.39 is 0 Å². The first-order chi connectivity index (χ1) is 7.65. The van der Waals surface area contributed by atoms with E-state index in [1.54, 1.807) is 18.3 Å². The maximum atomic E-state index is 5.92. The van der Waals surface area contributed by atoms with Gasteiger partial charge >= 0.3 is 0 Å². The molecule has 0 aliphatic heterocycles. The molecule has 0 bridgehead atoms. The third kappa shape index (κ3) is 2.75. The maximum Gasteiger partial charge on any atom is 0.221 e. The normalized spacial score (nSPS) is 10.4. The second-order valence-corrected chi connectivity index (χ2v) is 4.65. The van der Waals surface area contributed by atoms with Crippen molar-refractivity contribution in [1.29, 1.82) is 0 Å². The summed E-state index contributed by atoms with van der Waals surface area (Å²) < 4.78 is 0. The molecule has 2 rings (SSSR count). The Morgan fingerprint density at radius 3 is 2.62 bits per heavy atom. The third-order valence-corrected chi connectivity index (χ3v) is 3.20. The zero-order valence-electron chi connectivity index (χ0n) is 7.89. The molecule has 82 valence electrons. The molecule has 0 unspecified atom stereocenters. The Hall–Kier alpha value is -1.04. The number of nitrogens with two attached hydrogens (primary N) is 1. The maximum absolute atomic E-state index is 5.92. The summed E-state index contributed by atoms with van der Waals surface area (Å²) in [5.41, 5.74) is 5.47. The number of nitrogen functional groups attached to an aromatic ring is 1. The van der Waals surface area contributed by atoms with Crippen LogP contribution in [0.4, 0.5) is 5.95 Å². The van der Waals surface area contributed by atoms with Crippen LogP contribution in [0.15, 0.2) is 34.6 Å². The monoisotopic (exact) mass is 272 g/mol. The molecule has 2 heterocycles. The smallest absolute Gasteiger partial charge is 0.221 e. The first-order valence-corrected chi connectivity index (χ1v) is 5.80. The third-order valence-electron chi connectivity index (χ3n) is 1.63. The molecule has 16 heavy (non-hydrogen) atoms. The molecule has 2 aromatic heterocycles. The second kappa shape index (κ2) is 4.86. The SMILES string of the molecule is Nc1ncc(Cl)c(Sc2ccc(Cl)cn2)n1. The van der Waals surface area contributed by atoms with E-state index in [9.17, 15) is 0 Å². The lowest BCUT2D eigenvalue weighted by molar-refractivity contribution is 1.05. The van der Waals surface area contributed by atoms with Crippen molar-refractivity contribution in [2.75, 3.05) is 5.73 Å². The van der Waals surface area contributed by atoms with Crippen molar-refractivity contribution >= 4 is 40.9 Å². The van der Waals surface area contributed by atoms with E-state index in [0.717, 1.165) is 5.03 Å². The van der Waals surface area contributed by atoms with Gasteiger partial charge in [0.1, 0.15) is 10.1 Å². The first kappa shape index (κ1) is 11.4. The first-order valence-electron chi connectivity index (χ1n) is 4.22. The van der Waals surface area contributed by atoms with Gasteiger partial charge in [-0.25, -0.2) is 15.0 Å². The van der Waals surface area contributed by atoms with Crippen LogP contribution in [0, 0.1) is 0 Å². The molecule has 0 aliphatic carbocycles. The van der Waals surface area contributed by atoms with Crippen LogP contribution in [0.1, 0.15) is 0 Å². The standard InChI is InChI=1S/C9H6Cl2N4S/c10-5-1-2-7(13-3-5)16-8-6(11)4-14-9(12)15-8/h1-4H,(H2,12,14,15). The number of halogens is 2. The molecule has 0 aromatic carbocycles. The number of rotatable bonds is 2. The van der Waals surface area contributed by atoms with Crippen molar-refractivity contribution in [2.24, 2.45) is 0 Å². The van der Waals surface area contributed by atoms with Gasteiger partial charge in [-0.3, -0.25) is 0 Å². The van der Waals surface area contributed by atoms with E-state index >= 15 is 0 Å². The average Bonchev–Trinajstić information content (AvgIpc) is 2.27. The van der Waals surface area contributed by atoms with Crippen molar-refractivity contribution in [3.8, 4) is 0 Å². The van der Waals surface area contributed by atoms with Crippen molar-refractivity contribution in [2.45, 2.75) is 10.1 Å². The highest BCUT2D eigenvalue weighted by Gasteiger charge is 2.06. The quantitative estimate of drug-likeness (QED) is 0.852. The Labute approximate surface area is 106 Å². The van der Waals surface area contributed by atoms with Crippen LogP contribution in [0.5, 0.6) is 0 Å². The van der Waals surface area contributed by atoms with E-state index in [4.69, 9.17) is 28.9 Å². The summed E-state index contributed by atoms with van der Waals surface area (Å²) in [5, 5.41) is 2.34. The molecule has 7 heteroatoms. The summed E-state index contributed by atoms with van der Waals surface area (Å²) in [4.78, 5) is 11.9. The number of hydrogen-bond donors (Lipinski definition) is 1. The summed E-state index contributed by atoms with van der Waals surface area (Å²) in [7, 11) is 0. The molecule has 0 saturated heterocycles. The average molecular weight is 273 g/mol. The van der Waals surface area contributed by atoms with Crippen LogP contribution in [0.25, 0.3) is 0 Å². The van der Waals surface area contributed by atoms with Gasteiger partial charge in [0.05, 0.1) is 16.2 Å². The lowest BCUT2D eigenvalue weighted by atomic mass is 10.5. The van der Waals surface area contributed by atoms with Gasteiger partial charge in [0.15, 0.2) is 0 Å². The summed E-state index contributed by atoms with van der Waals surface area (Å²) in [6, 6.07) is 3.52. The van der Waals surface area contributed by atoms with Crippen LogP contribution in [0.3, 0.4) is 0 Å². The van der Waals surface area contributed by atoms with E-state index in [1.807, 2.05) is 0 Å². The minimum atomic E-state index is 0.181. The predicted molar refractivity (Wildman–Crippen MR) is 64.8 cm³/mol. The number of nitrogens with zero attached hydrogens (tertiary/aromatic N) is 3. The van der Waals surface area contributed by atoms with Gasteiger partial charge in [-0.15, -0.1) is 0 Å². The van der Waals surface area contributed by atoms with E-state index in [-0.39, 0.29) is 5.95 Å². The van der Waals surface area contributed by atoms with Crippen molar-refractivity contribution in [3.63, 3.8) is 0 Å². The fourth-order valence-corrected chi connectivity index (χ4v) is 2.01. The van der Waals surface area contributed by atoms with Gasteiger partial charge in [0.2, 0.25) is 5.95 Å². The van der Waals surface area contributed by atoms with Gasteiger partial charge in [-0.1, -0.05) is 23.2 Å². The Bertz CT molecular complexity index is 503. The fraction of sp³-hybridized carbons (Fsp3) is 0. The molecule has 0 fully saturated rings. The van der Waals surface area contributed by atoms with Crippen molar-refractivity contribution < 1.29 is 0 Å². The Morgan fingerprint density at radius 2 is 1.94 bits per heavy atom. The van der Waals surface area contributed by atoms with E-state index in [1.165, 1.54) is 18.0 Å². The summed E-state index contributed by atoms with van der Waals surface area (Å²) in [5.74, 6) is 0.181. The number of pyridine rings is 1. The largest absolute Gasteiger partial charge is 0.368 e. The Balaban J connectivity index is 2.26. The highest BCUT2D eigenvalue weighted by atomic mass is 35.5. The molecular weight excluding hydrogens is 267 g/mol. The van der Waals surface area contributed by atoms with Gasteiger partial charge in [-0.2, -0.15) is 0 Å². The Morgan fingerprint density at radius 1 is 1.12 bits per heavy atom. The van der Waals surface area contributed by atoms with Gasteiger partial charge in [0, 0.05) is 6.20 Å². The zero-order valence-corrected chi connectivity index (χ0v) is 10.2. The predicted octanol–water partition coefficient (Wildman–Crippen LogP) is 2.91. The molecular formula is C9H6Cl2N4S. The number of anilines is 1. The van der Waals surface area contributed by atoms with E-state index in [0.29, 0.717) is 15.1 Å².